The van der Waals surface area contributed by atoms with Gasteiger partial charge in [0.15, 0.2) is 0 Å². The van der Waals surface area contributed by atoms with Crippen LogP contribution < -0.4 is 16.0 Å². The van der Waals surface area contributed by atoms with Gasteiger partial charge in [-0.05, 0) is 61.3 Å². The molecule has 7 heteroatoms. The number of aliphatic imine (C=N–C) groups is 1. The lowest BCUT2D eigenvalue weighted by atomic mass is 9.80. The van der Waals surface area contributed by atoms with Crippen molar-refractivity contribution in [2.24, 2.45) is 4.99 Å². The average molecular weight is 399 g/mol. The van der Waals surface area contributed by atoms with Crippen LogP contribution in [0, 0.1) is 5.82 Å². The SMILES string of the molecule is Fc1ccc2c(c1)NC1(CCNC(C3C[N-]3)C1)C(=NCc1cccc(Cl)c1)N2. The zero-order valence-corrected chi connectivity index (χ0v) is 16.1. The van der Waals surface area contributed by atoms with E-state index in [-0.39, 0.29) is 11.4 Å². The molecule has 2 aromatic carbocycles. The van der Waals surface area contributed by atoms with Crippen LogP contribution in [0.25, 0.3) is 5.32 Å². The van der Waals surface area contributed by atoms with Crippen LogP contribution in [0.3, 0.4) is 0 Å². The van der Waals surface area contributed by atoms with Gasteiger partial charge in [-0.25, -0.2) is 4.39 Å². The molecule has 2 saturated heterocycles. The van der Waals surface area contributed by atoms with Gasteiger partial charge in [-0.3, -0.25) is 4.99 Å². The Balaban J connectivity index is 1.49. The second kappa shape index (κ2) is 7.03. The molecule has 5 nitrogen and oxygen atoms in total. The molecule has 3 heterocycles. The summed E-state index contributed by atoms with van der Waals surface area (Å²) in [7, 11) is 0. The van der Waals surface area contributed by atoms with E-state index in [0.717, 1.165) is 48.7 Å². The number of nitrogens with zero attached hydrogens (tertiary/aromatic N) is 2. The largest absolute Gasteiger partial charge is 0.661 e. The van der Waals surface area contributed by atoms with E-state index >= 15 is 0 Å². The second-order valence-electron chi connectivity index (χ2n) is 7.76. The lowest BCUT2D eigenvalue weighted by molar-refractivity contribution is 0.336. The van der Waals surface area contributed by atoms with E-state index in [1.807, 2.05) is 24.3 Å². The Kier molecular flexibility index (Phi) is 4.50. The predicted octanol–water partition coefficient (Wildman–Crippen LogP) is 4.16. The first-order valence-corrected chi connectivity index (χ1v) is 10.0. The van der Waals surface area contributed by atoms with Crippen LogP contribution in [-0.2, 0) is 6.54 Å². The summed E-state index contributed by atoms with van der Waals surface area (Å²) in [6.45, 7) is 2.32. The number of halogens is 2. The van der Waals surface area contributed by atoms with Crippen molar-refractivity contribution < 1.29 is 4.39 Å². The average Bonchev–Trinajstić information content (AvgIpc) is 3.52. The number of amidine groups is 1. The van der Waals surface area contributed by atoms with Crippen LogP contribution >= 0.6 is 11.6 Å². The van der Waals surface area contributed by atoms with E-state index in [1.54, 1.807) is 12.1 Å². The van der Waals surface area contributed by atoms with Gasteiger partial charge >= 0.3 is 0 Å². The number of hydrogen-bond acceptors (Lipinski definition) is 3. The van der Waals surface area contributed by atoms with Gasteiger partial charge in [0.05, 0.1) is 23.5 Å². The fourth-order valence-corrected chi connectivity index (χ4v) is 4.44. The lowest BCUT2D eigenvalue weighted by Gasteiger charge is -2.47. The maximum atomic E-state index is 13.8. The van der Waals surface area contributed by atoms with Crippen LogP contribution in [0.4, 0.5) is 15.8 Å². The molecule has 28 heavy (non-hydrogen) atoms. The van der Waals surface area contributed by atoms with E-state index in [2.05, 4.69) is 21.3 Å². The summed E-state index contributed by atoms with van der Waals surface area (Å²) in [5.41, 5.74) is 2.34. The minimum atomic E-state index is -0.354. The van der Waals surface area contributed by atoms with Gasteiger partial charge in [-0.2, -0.15) is 6.54 Å². The first-order valence-electron chi connectivity index (χ1n) is 9.65. The summed E-state index contributed by atoms with van der Waals surface area (Å²) in [6.07, 6.45) is 1.73. The van der Waals surface area contributed by atoms with E-state index in [1.165, 1.54) is 6.07 Å². The van der Waals surface area contributed by atoms with Crippen LogP contribution in [0.5, 0.6) is 0 Å². The van der Waals surface area contributed by atoms with Crippen molar-refractivity contribution in [1.29, 1.82) is 0 Å². The summed E-state index contributed by atoms with van der Waals surface area (Å²) in [4.78, 5) is 4.94. The third kappa shape index (κ3) is 3.48. The van der Waals surface area contributed by atoms with E-state index < -0.39 is 0 Å². The first kappa shape index (κ1) is 17.9. The van der Waals surface area contributed by atoms with Gasteiger partial charge in [-0.15, -0.1) is 6.04 Å². The van der Waals surface area contributed by atoms with E-state index in [0.29, 0.717) is 23.7 Å². The third-order valence-corrected chi connectivity index (χ3v) is 5.99. The Morgan fingerprint density at radius 3 is 2.93 bits per heavy atom. The third-order valence-electron chi connectivity index (χ3n) is 5.76. The molecular formula is C21H22ClFN5-. The lowest BCUT2D eigenvalue weighted by Crippen LogP contribution is -2.61. The first-order chi connectivity index (χ1) is 13.6. The number of anilines is 2. The summed E-state index contributed by atoms with van der Waals surface area (Å²) in [5.74, 6) is 0.656. The highest BCUT2D eigenvalue weighted by atomic mass is 35.5. The molecule has 0 radical (unpaired) electrons. The van der Waals surface area contributed by atoms with E-state index in [4.69, 9.17) is 16.6 Å². The molecule has 3 atom stereocenters. The number of hydrogen-bond donors (Lipinski definition) is 3. The Hall–Kier alpha value is -2.15. The van der Waals surface area contributed by atoms with Gasteiger partial charge < -0.3 is 21.3 Å². The molecule has 2 aromatic rings. The highest BCUT2D eigenvalue weighted by Gasteiger charge is 2.44. The zero-order valence-electron chi connectivity index (χ0n) is 15.4. The maximum absolute atomic E-state index is 13.8. The smallest absolute Gasteiger partial charge is 0.127 e. The van der Waals surface area contributed by atoms with Crippen molar-refractivity contribution in [3.8, 4) is 0 Å². The number of piperidine rings is 1. The highest BCUT2D eigenvalue weighted by molar-refractivity contribution is 6.30. The van der Waals surface area contributed by atoms with Gasteiger partial charge in [0, 0.05) is 5.02 Å². The molecular weight excluding hydrogens is 377 g/mol. The Morgan fingerprint density at radius 1 is 1.21 bits per heavy atom. The number of benzene rings is 2. The van der Waals surface area contributed by atoms with Gasteiger partial charge in [0.2, 0.25) is 0 Å². The zero-order chi connectivity index (χ0) is 19.1. The van der Waals surface area contributed by atoms with Gasteiger partial charge in [0.25, 0.3) is 0 Å². The van der Waals surface area contributed by atoms with Crippen molar-refractivity contribution in [2.45, 2.75) is 37.0 Å². The molecule has 3 unspecified atom stereocenters. The molecule has 0 aliphatic carbocycles. The molecule has 0 amide bonds. The molecule has 3 N–H and O–H groups in total. The Morgan fingerprint density at radius 2 is 2.11 bits per heavy atom. The molecule has 3 aliphatic heterocycles. The van der Waals surface area contributed by atoms with Gasteiger partial charge in [-0.1, -0.05) is 23.7 Å². The van der Waals surface area contributed by atoms with Crippen LogP contribution in [0.15, 0.2) is 47.5 Å². The van der Waals surface area contributed by atoms with Crippen LogP contribution in [0.2, 0.25) is 5.02 Å². The topological polar surface area (TPSA) is 62.5 Å². The normalized spacial score (nSPS) is 29.9. The number of fused-ring (bicyclic) bond motifs is 1. The number of nitrogens with one attached hydrogen (secondary N) is 3. The molecule has 0 aromatic heterocycles. The molecule has 2 fully saturated rings. The van der Waals surface area contributed by atoms with Crippen molar-refractivity contribution in [3.63, 3.8) is 0 Å². The molecule has 146 valence electrons. The standard InChI is InChI=1S/C21H22ClFN5/c22-14-3-1-2-13(8-14)11-26-20-21(6-7-24-18(10-21)19-12-25-19)28-17-9-15(23)4-5-16(17)27-20/h1-5,8-9,18-19,24,28H,6-7,10-12H2,(H,26,27)/q-1. The summed E-state index contributed by atoms with van der Waals surface area (Å²) >= 11 is 6.12. The summed E-state index contributed by atoms with van der Waals surface area (Å²) in [6, 6.07) is 13.2. The fourth-order valence-electron chi connectivity index (χ4n) is 4.23. The Labute approximate surface area is 168 Å². The summed E-state index contributed by atoms with van der Waals surface area (Å²) < 4.78 is 13.8. The Bertz CT molecular complexity index is 929. The number of rotatable bonds is 3. The maximum Gasteiger partial charge on any atom is 0.127 e. The molecule has 5 rings (SSSR count). The minimum absolute atomic E-state index is 0.245. The van der Waals surface area contributed by atoms with Crippen molar-refractivity contribution in [2.75, 3.05) is 23.7 Å². The fraction of sp³-hybridized carbons (Fsp3) is 0.381. The van der Waals surface area contributed by atoms with Crippen molar-refractivity contribution in [1.82, 2.24) is 5.32 Å². The molecule has 1 spiro atoms. The van der Waals surface area contributed by atoms with Crippen molar-refractivity contribution in [3.05, 3.63) is 64.2 Å². The molecule has 0 bridgehead atoms. The van der Waals surface area contributed by atoms with Crippen LogP contribution in [-0.4, -0.2) is 36.5 Å². The van der Waals surface area contributed by atoms with E-state index in [9.17, 15) is 4.39 Å². The van der Waals surface area contributed by atoms with Gasteiger partial charge in [0.1, 0.15) is 11.7 Å². The quantitative estimate of drug-likeness (QED) is 0.680. The second-order valence-corrected chi connectivity index (χ2v) is 8.20. The molecule has 3 aliphatic rings. The predicted molar refractivity (Wildman–Crippen MR) is 112 cm³/mol. The summed E-state index contributed by atoms with van der Waals surface area (Å²) in [5, 5.41) is 15.9. The minimum Gasteiger partial charge on any atom is -0.661 e. The van der Waals surface area contributed by atoms with Crippen LogP contribution in [0.1, 0.15) is 18.4 Å². The molecule has 0 saturated carbocycles. The highest BCUT2D eigenvalue weighted by Crippen LogP contribution is 2.40. The van der Waals surface area contributed by atoms with Crippen molar-refractivity contribution >= 4 is 28.8 Å². The monoisotopic (exact) mass is 398 g/mol.